The lowest BCUT2D eigenvalue weighted by molar-refractivity contribution is 0.815. The average Bonchev–Trinajstić information content (AvgIpc) is 2.56. The lowest BCUT2D eigenvalue weighted by atomic mass is 10.2. The number of hydrogen-bond acceptors (Lipinski definition) is 2. The standard InChI is InChI=1S/C12H16N2S/c1-13-7-9-8-14(2)12-6-10(15-3)4-5-11(9)12/h4-6,8,13H,7H2,1-3H3. The van der Waals surface area contributed by atoms with E-state index < -0.39 is 0 Å². The fourth-order valence-corrected chi connectivity index (χ4v) is 2.34. The van der Waals surface area contributed by atoms with Crippen molar-refractivity contribution in [3.63, 3.8) is 0 Å². The average molecular weight is 220 g/mol. The molecule has 0 aliphatic heterocycles. The summed E-state index contributed by atoms with van der Waals surface area (Å²) in [6.07, 6.45) is 4.31. The highest BCUT2D eigenvalue weighted by molar-refractivity contribution is 7.98. The lowest BCUT2D eigenvalue weighted by Gasteiger charge is -2.00. The third-order valence-corrected chi connectivity index (χ3v) is 3.37. The highest BCUT2D eigenvalue weighted by Crippen LogP contribution is 2.25. The number of fused-ring (bicyclic) bond motifs is 1. The molecule has 0 unspecified atom stereocenters. The van der Waals surface area contributed by atoms with Gasteiger partial charge in [0.2, 0.25) is 0 Å². The van der Waals surface area contributed by atoms with Crippen molar-refractivity contribution < 1.29 is 0 Å². The number of aromatic nitrogens is 1. The zero-order valence-electron chi connectivity index (χ0n) is 9.37. The number of thioether (sulfide) groups is 1. The van der Waals surface area contributed by atoms with Gasteiger partial charge in [0.05, 0.1) is 0 Å². The molecule has 3 heteroatoms. The van der Waals surface area contributed by atoms with Gasteiger partial charge < -0.3 is 9.88 Å². The second kappa shape index (κ2) is 4.29. The van der Waals surface area contributed by atoms with Crippen molar-refractivity contribution >= 4 is 22.7 Å². The van der Waals surface area contributed by atoms with Crippen LogP contribution in [-0.4, -0.2) is 17.9 Å². The van der Waals surface area contributed by atoms with Crippen LogP contribution in [0.25, 0.3) is 10.9 Å². The van der Waals surface area contributed by atoms with Gasteiger partial charge in [-0.15, -0.1) is 11.8 Å². The molecule has 0 fully saturated rings. The molecule has 80 valence electrons. The first kappa shape index (κ1) is 10.6. The Labute approximate surface area is 94.7 Å². The Kier molecular flexibility index (Phi) is 3.03. The van der Waals surface area contributed by atoms with E-state index in [4.69, 9.17) is 0 Å². The molecule has 2 rings (SSSR count). The van der Waals surface area contributed by atoms with Gasteiger partial charge in [0.25, 0.3) is 0 Å². The van der Waals surface area contributed by atoms with Gasteiger partial charge in [-0.25, -0.2) is 0 Å². The molecule has 0 atom stereocenters. The highest BCUT2D eigenvalue weighted by atomic mass is 32.2. The number of nitrogens with one attached hydrogen (secondary N) is 1. The zero-order chi connectivity index (χ0) is 10.8. The van der Waals surface area contributed by atoms with Crippen LogP contribution in [0.4, 0.5) is 0 Å². The molecule has 0 bridgehead atoms. The molecule has 15 heavy (non-hydrogen) atoms. The van der Waals surface area contributed by atoms with Crippen molar-refractivity contribution in [2.24, 2.45) is 7.05 Å². The molecule has 1 N–H and O–H groups in total. The largest absolute Gasteiger partial charge is 0.350 e. The van der Waals surface area contributed by atoms with Crippen molar-refractivity contribution in [1.82, 2.24) is 9.88 Å². The quantitative estimate of drug-likeness (QED) is 0.801. The van der Waals surface area contributed by atoms with E-state index in [1.165, 1.54) is 21.4 Å². The molecule has 0 radical (unpaired) electrons. The van der Waals surface area contributed by atoms with Crippen LogP contribution in [0.5, 0.6) is 0 Å². The van der Waals surface area contributed by atoms with Gasteiger partial charge in [0.15, 0.2) is 0 Å². The first-order valence-corrected chi connectivity index (χ1v) is 6.25. The van der Waals surface area contributed by atoms with Gasteiger partial charge in [-0.1, -0.05) is 6.07 Å². The maximum absolute atomic E-state index is 3.20. The molecule has 0 spiro atoms. The second-order valence-electron chi connectivity index (χ2n) is 3.68. The molecule has 2 aromatic rings. The molecule has 0 saturated heterocycles. The van der Waals surface area contributed by atoms with Crippen LogP contribution in [0.2, 0.25) is 0 Å². The van der Waals surface area contributed by atoms with E-state index in [1.807, 2.05) is 7.05 Å². The predicted octanol–water partition coefficient (Wildman–Crippen LogP) is 2.62. The SMILES string of the molecule is CNCc1cn(C)c2cc(SC)ccc12. The summed E-state index contributed by atoms with van der Waals surface area (Å²) >= 11 is 1.79. The maximum Gasteiger partial charge on any atom is 0.0492 e. The van der Waals surface area contributed by atoms with Crippen LogP contribution < -0.4 is 5.32 Å². The van der Waals surface area contributed by atoms with Crippen LogP contribution in [0.3, 0.4) is 0 Å². The maximum atomic E-state index is 3.20. The van der Waals surface area contributed by atoms with E-state index in [0.29, 0.717) is 0 Å². The van der Waals surface area contributed by atoms with Gasteiger partial charge in [-0.2, -0.15) is 0 Å². The molecule has 0 amide bonds. The summed E-state index contributed by atoms with van der Waals surface area (Å²) in [5.41, 5.74) is 2.68. The van der Waals surface area contributed by atoms with Crippen LogP contribution in [0.1, 0.15) is 5.56 Å². The summed E-state index contributed by atoms with van der Waals surface area (Å²) in [6, 6.07) is 6.65. The molecule has 0 saturated carbocycles. The molecular formula is C12H16N2S. The van der Waals surface area contributed by atoms with Crippen molar-refractivity contribution in [2.75, 3.05) is 13.3 Å². The Morgan fingerprint density at radius 3 is 2.87 bits per heavy atom. The first-order chi connectivity index (χ1) is 7.26. The molecule has 1 aromatic heterocycles. The van der Waals surface area contributed by atoms with Crippen molar-refractivity contribution in [1.29, 1.82) is 0 Å². The third-order valence-electron chi connectivity index (χ3n) is 2.65. The summed E-state index contributed by atoms with van der Waals surface area (Å²) in [5.74, 6) is 0. The van der Waals surface area contributed by atoms with Crippen molar-refractivity contribution in [2.45, 2.75) is 11.4 Å². The second-order valence-corrected chi connectivity index (χ2v) is 4.56. The smallest absolute Gasteiger partial charge is 0.0492 e. The summed E-state index contributed by atoms with van der Waals surface area (Å²) < 4.78 is 2.20. The normalized spacial score (nSPS) is 11.1. The minimum atomic E-state index is 0.927. The number of aryl methyl sites for hydroxylation is 1. The van der Waals surface area contributed by atoms with Gasteiger partial charge in [-0.05, 0) is 31.0 Å². The monoisotopic (exact) mass is 220 g/mol. The molecule has 1 aromatic carbocycles. The predicted molar refractivity (Wildman–Crippen MR) is 67.5 cm³/mol. The first-order valence-electron chi connectivity index (χ1n) is 5.03. The van der Waals surface area contributed by atoms with Gasteiger partial charge in [0.1, 0.15) is 0 Å². The topological polar surface area (TPSA) is 17.0 Å². The van der Waals surface area contributed by atoms with Gasteiger partial charge in [0, 0.05) is 35.6 Å². The van der Waals surface area contributed by atoms with Gasteiger partial charge >= 0.3 is 0 Å². The number of nitrogens with zero attached hydrogens (tertiary/aromatic N) is 1. The number of rotatable bonds is 3. The Balaban J connectivity index is 2.59. The van der Waals surface area contributed by atoms with E-state index in [0.717, 1.165) is 6.54 Å². The molecular weight excluding hydrogens is 204 g/mol. The van der Waals surface area contributed by atoms with E-state index in [1.54, 1.807) is 11.8 Å². The zero-order valence-corrected chi connectivity index (χ0v) is 10.2. The van der Waals surface area contributed by atoms with Crippen LogP contribution in [0, 0.1) is 0 Å². The minimum Gasteiger partial charge on any atom is -0.350 e. The number of hydrogen-bond donors (Lipinski definition) is 1. The molecule has 2 nitrogen and oxygen atoms in total. The van der Waals surface area contributed by atoms with E-state index in [9.17, 15) is 0 Å². The summed E-state index contributed by atoms with van der Waals surface area (Å²) in [7, 11) is 4.08. The molecule has 0 aliphatic rings. The van der Waals surface area contributed by atoms with Crippen LogP contribution in [-0.2, 0) is 13.6 Å². The van der Waals surface area contributed by atoms with Crippen LogP contribution in [0.15, 0.2) is 29.3 Å². The number of benzene rings is 1. The highest BCUT2D eigenvalue weighted by Gasteiger charge is 2.05. The van der Waals surface area contributed by atoms with Crippen molar-refractivity contribution in [3.8, 4) is 0 Å². The van der Waals surface area contributed by atoms with E-state index in [2.05, 4.69) is 47.6 Å². The van der Waals surface area contributed by atoms with Crippen LogP contribution >= 0.6 is 11.8 Å². The summed E-state index contributed by atoms with van der Waals surface area (Å²) in [4.78, 5) is 1.32. The third kappa shape index (κ3) is 1.90. The fraction of sp³-hybridized carbons (Fsp3) is 0.333. The molecule has 0 aliphatic carbocycles. The van der Waals surface area contributed by atoms with Crippen molar-refractivity contribution in [3.05, 3.63) is 30.0 Å². The fourth-order valence-electron chi connectivity index (χ4n) is 1.91. The summed E-state index contributed by atoms with van der Waals surface area (Å²) in [5, 5.41) is 4.55. The van der Waals surface area contributed by atoms with Gasteiger partial charge in [-0.3, -0.25) is 0 Å². The Morgan fingerprint density at radius 1 is 1.40 bits per heavy atom. The lowest BCUT2D eigenvalue weighted by Crippen LogP contribution is -2.04. The Hall–Kier alpha value is -0.930. The minimum absolute atomic E-state index is 0.927. The van der Waals surface area contributed by atoms with E-state index >= 15 is 0 Å². The Morgan fingerprint density at radius 2 is 2.20 bits per heavy atom. The van der Waals surface area contributed by atoms with E-state index in [-0.39, 0.29) is 0 Å². The summed E-state index contributed by atoms with van der Waals surface area (Å²) in [6.45, 7) is 0.927. The Bertz CT molecular complexity index is 474. The molecule has 1 heterocycles.